The van der Waals surface area contributed by atoms with Crippen LogP contribution in [0.15, 0.2) is 24.3 Å². The number of aliphatic carboxylic acids is 1. The monoisotopic (exact) mass is 377 g/mol. The fourth-order valence-electron chi connectivity index (χ4n) is 3.34. The fraction of sp³-hybridized carbons (Fsp3) is 0.600. The third-order valence-corrected chi connectivity index (χ3v) is 4.53. The lowest BCUT2D eigenvalue weighted by atomic mass is 10.1. The molecule has 1 amide bonds. The van der Waals surface area contributed by atoms with E-state index in [1.54, 1.807) is 12.1 Å². The van der Waals surface area contributed by atoms with E-state index in [-0.39, 0.29) is 24.7 Å². The number of likely N-dealkylation sites (N-methyl/N-ethyl adjacent to an activating group) is 1. The number of rotatable bonds is 8. The van der Waals surface area contributed by atoms with Gasteiger partial charge in [0.15, 0.2) is 0 Å². The number of morpholine rings is 1. The lowest BCUT2D eigenvalue weighted by Gasteiger charge is -2.35. The molecule has 1 fully saturated rings. The summed E-state index contributed by atoms with van der Waals surface area (Å²) in [6.45, 7) is 7.45. The summed E-state index contributed by atoms with van der Waals surface area (Å²) in [4.78, 5) is 29.4. The molecule has 0 radical (unpaired) electrons. The van der Waals surface area contributed by atoms with Crippen LogP contribution in [0.5, 0.6) is 0 Å². The number of benzene rings is 1. The van der Waals surface area contributed by atoms with Gasteiger partial charge in [-0.05, 0) is 45.6 Å². The van der Waals surface area contributed by atoms with Gasteiger partial charge in [-0.15, -0.1) is 0 Å². The minimum absolute atomic E-state index is 0.218. The second-order valence-corrected chi connectivity index (χ2v) is 7.57. The van der Waals surface area contributed by atoms with Gasteiger partial charge in [-0.3, -0.25) is 14.5 Å². The van der Waals surface area contributed by atoms with E-state index in [1.807, 2.05) is 31.1 Å². The molecular weight excluding hydrogens is 346 g/mol. The molecule has 0 spiro atoms. The van der Waals surface area contributed by atoms with Gasteiger partial charge in [-0.2, -0.15) is 0 Å². The summed E-state index contributed by atoms with van der Waals surface area (Å²) in [5.74, 6) is -1.26. The maximum Gasteiger partial charge on any atom is 0.323 e. The molecule has 7 nitrogen and oxygen atoms in total. The summed E-state index contributed by atoms with van der Waals surface area (Å²) in [7, 11) is 3.79. The van der Waals surface area contributed by atoms with Crippen LogP contribution in [0.2, 0.25) is 0 Å². The van der Waals surface area contributed by atoms with Gasteiger partial charge < -0.3 is 19.6 Å². The lowest BCUT2D eigenvalue weighted by molar-refractivity contribution is -0.137. The summed E-state index contributed by atoms with van der Waals surface area (Å²) >= 11 is 0. The van der Waals surface area contributed by atoms with Crippen molar-refractivity contribution in [3.63, 3.8) is 0 Å². The van der Waals surface area contributed by atoms with Crippen molar-refractivity contribution in [3.8, 4) is 0 Å². The Hall–Kier alpha value is -1.96. The van der Waals surface area contributed by atoms with Gasteiger partial charge in [-0.1, -0.05) is 12.1 Å². The molecule has 1 aromatic carbocycles. The Morgan fingerprint density at radius 2 is 1.70 bits per heavy atom. The van der Waals surface area contributed by atoms with E-state index in [2.05, 4.69) is 18.7 Å². The van der Waals surface area contributed by atoms with Crippen molar-refractivity contribution < 1.29 is 19.4 Å². The molecule has 0 aromatic heterocycles. The second kappa shape index (κ2) is 9.82. The van der Waals surface area contributed by atoms with Crippen LogP contribution in [0.1, 0.15) is 29.8 Å². The number of carboxylic acid groups (broad SMARTS) is 1. The van der Waals surface area contributed by atoms with Crippen molar-refractivity contribution >= 4 is 11.9 Å². The SMILES string of the molecule is CC1CN(Cc2ccc(C(=O)N(CCN(C)C)CC(=O)O)cc2)CC(C)O1. The Morgan fingerprint density at radius 1 is 1.11 bits per heavy atom. The van der Waals surface area contributed by atoms with Crippen LogP contribution in [-0.4, -0.2) is 90.7 Å². The van der Waals surface area contributed by atoms with Gasteiger partial charge in [-0.25, -0.2) is 0 Å². The van der Waals surface area contributed by atoms with Crippen molar-refractivity contribution in [2.45, 2.75) is 32.6 Å². The van der Waals surface area contributed by atoms with Gasteiger partial charge in [0.2, 0.25) is 0 Å². The molecule has 1 heterocycles. The molecule has 1 N–H and O–H groups in total. The summed E-state index contributed by atoms with van der Waals surface area (Å²) in [5, 5.41) is 9.09. The Labute approximate surface area is 161 Å². The van der Waals surface area contributed by atoms with Gasteiger partial charge in [0.05, 0.1) is 12.2 Å². The Balaban J connectivity index is 2.01. The van der Waals surface area contributed by atoms with Crippen molar-refractivity contribution in [2.24, 2.45) is 0 Å². The van der Waals surface area contributed by atoms with Gasteiger partial charge in [0, 0.05) is 38.3 Å². The highest BCUT2D eigenvalue weighted by Gasteiger charge is 2.22. The lowest BCUT2D eigenvalue weighted by Crippen LogP contribution is -2.44. The van der Waals surface area contributed by atoms with Crippen LogP contribution in [-0.2, 0) is 16.1 Å². The number of carbonyl (C=O) groups is 2. The van der Waals surface area contributed by atoms with Crippen LogP contribution in [0, 0.1) is 0 Å². The summed E-state index contributed by atoms with van der Waals surface area (Å²) < 4.78 is 5.76. The van der Waals surface area contributed by atoms with Gasteiger partial charge in [0.25, 0.3) is 5.91 Å². The molecule has 1 saturated heterocycles. The molecular formula is C20H31N3O4. The highest BCUT2D eigenvalue weighted by molar-refractivity contribution is 5.95. The van der Waals surface area contributed by atoms with E-state index in [9.17, 15) is 9.59 Å². The number of amides is 1. The first-order chi connectivity index (χ1) is 12.7. The Bertz CT molecular complexity index is 623. The van der Waals surface area contributed by atoms with Crippen LogP contribution in [0.4, 0.5) is 0 Å². The quantitative estimate of drug-likeness (QED) is 0.738. The largest absolute Gasteiger partial charge is 0.480 e. The Kier molecular flexibility index (Phi) is 7.77. The summed E-state index contributed by atoms with van der Waals surface area (Å²) in [5.41, 5.74) is 1.65. The molecule has 1 aliphatic rings. The predicted molar refractivity (Wildman–Crippen MR) is 104 cm³/mol. The maximum absolute atomic E-state index is 12.7. The van der Waals surface area contributed by atoms with Crippen LogP contribution >= 0.6 is 0 Å². The van der Waals surface area contributed by atoms with Gasteiger partial charge in [0.1, 0.15) is 6.54 Å². The van der Waals surface area contributed by atoms with Crippen molar-refractivity contribution in [2.75, 3.05) is 46.8 Å². The standard InChI is InChI=1S/C20H31N3O4/c1-15-11-22(12-16(2)27-15)13-17-5-7-18(8-6-17)20(26)23(14-19(24)25)10-9-21(3)4/h5-8,15-16H,9-14H2,1-4H3,(H,24,25). The second-order valence-electron chi connectivity index (χ2n) is 7.57. The average molecular weight is 377 g/mol. The fourth-order valence-corrected chi connectivity index (χ4v) is 3.34. The highest BCUT2D eigenvalue weighted by atomic mass is 16.5. The van der Waals surface area contributed by atoms with Crippen molar-refractivity contribution in [1.82, 2.24) is 14.7 Å². The summed E-state index contributed by atoms with van der Waals surface area (Å²) in [6, 6.07) is 7.47. The molecule has 1 aliphatic heterocycles. The zero-order chi connectivity index (χ0) is 20.0. The smallest absolute Gasteiger partial charge is 0.323 e. The predicted octanol–water partition coefficient (Wildman–Crippen LogP) is 1.38. The molecule has 0 bridgehead atoms. The molecule has 2 rings (SSSR count). The van der Waals surface area contributed by atoms with E-state index in [1.165, 1.54) is 4.90 Å². The minimum atomic E-state index is -1.01. The number of hydrogen-bond acceptors (Lipinski definition) is 5. The zero-order valence-electron chi connectivity index (χ0n) is 16.7. The molecule has 0 aliphatic carbocycles. The number of carbonyl (C=O) groups excluding carboxylic acids is 1. The first-order valence-corrected chi connectivity index (χ1v) is 9.37. The average Bonchev–Trinajstić information content (AvgIpc) is 2.57. The third-order valence-electron chi connectivity index (χ3n) is 4.53. The van der Waals surface area contributed by atoms with E-state index in [0.717, 1.165) is 25.2 Å². The zero-order valence-corrected chi connectivity index (χ0v) is 16.7. The molecule has 2 unspecified atom stereocenters. The number of ether oxygens (including phenoxy) is 1. The van der Waals surface area contributed by atoms with E-state index >= 15 is 0 Å². The normalized spacial score (nSPS) is 20.6. The van der Waals surface area contributed by atoms with Crippen molar-refractivity contribution in [1.29, 1.82) is 0 Å². The van der Waals surface area contributed by atoms with Crippen LogP contribution in [0.25, 0.3) is 0 Å². The minimum Gasteiger partial charge on any atom is -0.480 e. The first-order valence-electron chi connectivity index (χ1n) is 9.37. The topological polar surface area (TPSA) is 73.3 Å². The van der Waals surface area contributed by atoms with E-state index in [0.29, 0.717) is 18.7 Å². The molecule has 0 saturated carbocycles. The van der Waals surface area contributed by atoms with E-state index in [4.69, 9.17) is 9.84 Å². The molecule has 1 aromatic rings. The summed E-state index contributed by atoms with van der Waals surface area (Å²) in [6.07, 6.45) is 0.437. The molecule has 150 valence electrons. The molecule has 2 atom stereocenters. The van der Waals surface area contributed by atoms with Gasteiger partial charge >= 0.3 is 5.97 Å². The highest BCUT2D eigenvalue weighted by Crippen LogP contribution is 2.15. The van der Waals surface area contributed by atoms with Crippen LogP contribution in [0.3, 0.4) is 0 Å². The Morgan fingerprint density at radius 3 is 2.22 bits per heavy atom. The van der Waals surface area contributed by atoms with Crippen molar-refractivity contribution in [3.05, 3.63) is 35.4 Å². The number of nitrogens with zero attached hydrogens (tertiary/aromatic N) is 3. The molecule has 27 heavy (non-hydrogen) atoms. The number of carboxylic acids is 1. The molecule has 7 heteroatoms. The maximum atomic E-state index is 12.7. The van der Waals surface area contributed by atoms with E-state index < -0.39 is 5.97 Å². The first kappa shape index (κ1) is 21.3. The number of hydrogen-bond donors (Lipinski definition) is 1. The third kappa shape index (κ3) is 6.93. The van der Waals surface area contributed by atoms with Crippen LogP contribution < -0.4 is 0 Å².